The van der Waals surface area contributed by atoms with Crippen LogP contribution in [-0.2, 0) is 0 Å². The van der Waals surface area contributed by atoms with Crippen molar-refractivity contribution in [1.82, 2.24) is 0 Å². The van der Waals surface area contributed by atoms with Gasteiger partial charge in [0.25, 0.3) is 0 Å². The Morgan fingerprint density at radius 2 is 1.35 bits per heavy atom. The van der Waals surface area contributed by atoms with E-state index in [2.05, 4.69) is 33.9 Å². The summed E-state index contributed by atoms with van der Waals surface area (Å²) in [6.45, 7) is 13.7. The van der Waals surface area contributed by atoms with E-state index in [4.69, 9.17) is 0 Å². The van der Waals surface area contributed by atoms with E-state index in [1.165, 1.54) is 12.8 Å². The van der Waals surface area contributed by atoms with Gasteiger partial charge in [-0.05, 0) is 121 Å². The topological polar surface area (TPSA) is 0 Å². The van der Waals surface area contributed by atoms with Gasteiger partial charge in [0, 0.05) is 0 Å². The first-order valence-electron chi connectivity index (χ1n) is 16.4. The molecular formula is C33H58Si. The van der Waals surface area contributed by atoms with E-state index < -0.39 is 8.07 Å². The van der Waals surface area contributed by atoms with Crippen molar-refractivity contribution >= 4 is 8.07 Å². The summed E-state index contributed by atoms with van der Waals surface area (Å²) >= 11 is 0. The molecule has 0 saturated heterocycles. The lowest BCUT2D eigenvalue weighted by atomic mass is 9.61. The first-order chi connectivity index (χ1) is 16.4. The van der Waals surface area contributed by atoms with Crippen molar-refractivity contribution < 1.29 is 0 Å². The third kappa shape index (κ3) is 3.94. The van der Waals surface area contributed by atoms with Gasteiger partial charge in [0.2, 0.25) is 0 Å². The number of rotatable bonds is 5. The Hall–Kier alpha value is 0.217. The molecule has 0 aromatic rings. The summed E-state index contributed by atoms with van der Waals surface area (Å²) < 4.78 is 0. The summed E-state index contributed by atoms with van der Waals surface area (Å²) in [5, 5.41) is 0. The van der Waals surface area contributed by atoms with Crippen LogP contribution in [0.2, 0.25) is 24.2 Å². The molecule has 194 valence electrons. The number of hydrogen-bond donors (Lipinski definition) is 0. The van der Waals surface area contributed by atoms with E-state index in [-0.39, 0.29) is 0 Å². The lowest BCUT2D eigenvalue weighted by molar-refractivity contribution is 0.0519. The molecule has 0 N–H and O–H groups in total. The van der Waals surface area contributed by atoms with Crippen molar-refractivity contribution in [2.75, 3.05) is 0 Å². The van der Waals surface area contributed by atoms with Crippen molar-refractivity contribution in [3.05, 3.63) is 0 Å². The summed E-state index contributed by atoms with van der Waals surface area (Å²) in [5.41, 5.74) is 2.31. The van der Waals surface area contributed by atoms with Crippen molar-refractivity contribution in [2.45, 2.75) is 141 Å². The molecule has 1 heteroatoms. The summed E-state index contributed by atoms with van der Waals surface area (Å²) in [4.78, 5) is 0. The zero-order valence-corrected chi connectivity index (χ0v) is 24.6. The van der Waals surface area contributed by atoms with Crippen LogP contribution in [0.15, 0.2) is 0 Å². The lowest BCUT2D eigenvalue weighted by Crippen LogP contribution is -2.46. The third-order valence-electron chi connectivity index (χ3n) is 14.1. The quantitative estimate of drug-likeness (QED) is 0.342. The average Bonchev–Trinajstić information content (AvgIpc) is 3.53. The predicted octanol–water partition coefficient (Wildman–Crippen LogP) is 10.2. The largest absolute Gasteiger partial charge is 0.0689 e. The van der Waals surface area contributed by atoms with E-state index >= 15 is 0 Å². The van der Waals surface area contributed by atoms with Gasteiger partial charge >= 0.3 is 0 Å². The molecule has 0 spiro atoms. The summed E-state index contributed by atoms with van der Waals surface area (Å²) in [5.74, 6) is 12.1. The highest BCUT2D eigenvalue weighted by Gasteiger charge is 2.60. The number of fused-ring (bicyclic) bond motifs is 5. The molecule has 6 saturated carbocycles. The van der Waals surface area contributed by atoms with E-state index in [9.17, 15) is 0 Å². The molecule has 0 heterocycles. The molecule has 0 aromatic heterocycles. The Kier molecular flexibility index (Phi) is 6.86. The maximum atomic E-state index is 2.95. The average molecular weight is 483 g/mol. The van der Waals surface area contributed by atoms with Crippen LogP contribution < -0.4 is 0 Å². The first kappa shape index (κ1) is 24.5. The fraction of sp³-hybridized carbons (Fsp3) is 1.00. The minimum Gasteiger partial charge on any atom is -0.0689 e. The van der Waals surface area contributed by atoms with Crippen LogP contribution in [0.4, 0.5) is 0 Å². The van der Waals surface area contributed by atoms with E-state index in [0.29, 0.717) is 0 Å². The fourth-order valence-corrected chi connectivity index (χ4v) is 18.1. The van der Waals surface area contributed by atoms with Crippen LogP contribution in [0.5, 0.6) is 0 Å². The molecule has 6 rings (SSSR count). The Balaban J connectivity index is 1.26. The van der Waals surface area contributed by atoms with Crippen LogP contribution in [0.1, 0.15) is 117 Å². The summed E-state index contributed by atoms with van der Waals surface area (Å²) in [6.07, 6.45) is 23.7. The zero-order chi connectivity index (χ0) is 23.6. The van der Waals surface area contributed by atoms with Gasteiger partial charge in [-0.2, -0.15) is 0 Å². The van der Waals surface area contributed by atoms with Gasteiger partial charge in [0.1, 0.15) is 0 Å². The second-order valence-corrected chi connectivity index (χ2v) is 20.8. The second kappa shape index (κ2) is 9.51. The van der Waals surface area contributed by atoms with Crippen molar-refractivity contribution in [3.63, 3.8) is 0 Å². The SMILES string of the molecule is CCCC(C)C1CC([Si](C)(C)C2CC(C)C3C4CCCCC4CCC32)C2CC3CCCC3CC12. The molecule has 6 fully saturated rings. The van der Waals surface area contributed by atoms with Gasteiger partial charge in [-0.3, -0.25) is 0 Å². The molecule has 0 aliphatic heterocycles. The summed E-state index contributed by atoms with van der Waals surface area (Å²) in [7, 11) is -1.31. The maximum Gasteiger partial charge on any atom is 0.0541 e. The highest BCUT2D eigenvalue weighted by atomic mass is 28.3. The van der Waals surface area contributed by atoms with Crippen LogP contribution in [0.3, 0.4) is 0 Å². The van der Waals surface area contributed by atoms with Gasteiger partial charge in [0.05, 0.1) is 8.07 Å². The van der Waals surface area contributed by atoms with E-state index in [1.807, 2.05) is 0 Å². The Bertz CT molecular complexity index is 711. The van der Waals surface area contributed by atoms with Gasteiger partial charge in [-0.15, -0.1) is 0 Å². The summed E-state index contributed by atoms with van der Waals surface area (Å²) in [6, 6.07) is 0. The standard InChI is InChI=1S/C33H58Si/c1-6-10-21(2)28-20-32(30-19-25-13-9-12-24(25)18-29(28)30)34(4,5)31-17-22(3)33-26-14-8-7-11-23(26)15-16-27(31)33/h21-33H,6-20H2,1-5H3. The monoisotopic (exact) mass is 482 g/mol. The Morgan fingerprint density at radius 1 is 0.676 bits per heavy atom. The smallest absolute Gasteiger partial charge is 0.0541 e. The van der Waals surface area contributed by atoms with Crippen molar-refractivity contribution in [1.29, 1.82) is 0 Å². The molecule has 0 aromatic carbocycles. The molecule has 6 aliphatic rings. The van der Waals surface area contributed by atoms with Gasteiger partial charge < -0.3 is 0 Å². The molecule has 34 heavy (non-hydrogen) atoms. The third-order valence-corrected chi connectivity index (χ3v) is 19.3. The molecule has 0 nitrogen and oxygen atoms in total. The highest BCUT2D eigenvalue weighted by Crippen LogP contribution is 2.68. The zero-order valence-electron chi connectivity index (χ0n) is 23.6. The minimum absolute atomic E-state index is 0.984. The van der Waals surface area contributed by atoms with Crippen molar-refractivity contribution in [2.24, 2.45) is 65.1 Å². The Labute approximate surface area is 214 Å². The highest BCUT2D eigenvalue weighted by molar-refractivity contribution is 6.80. The van der Waals surface area contributed by atoms with Crippen LogP contribution in [-0.4, -0.2) is 8.07 Å². The maximum absolute atomic E-state index is 2.95. The second-order valence-electron chi connectivity index (χ2n) is 15.7. The molecule has 0 bridgehead atoms. The van der Waals surface area contributed by atoms with Crippen molar-refractivity contribution in [3.8, 4) is 0 Å². The normalized spacial score (nSPS) is 51.4. The number of hydrogen-bond acceptors (Lipinski definition) is 0. The minimum atomic E-state index is -1.31. The fourth-order valence-electron chi connectivity index (χ4n) is 12.8. The molecule has 0 radical (unpaired) electrons. The molecule has 0 amide bonds. The van der Waals surface area contributed by atoms with Gasteiger partial charge in [-0.1, -0.05) is 85.2 Å². The van der Waals surface area contributed by atoms with Gasteiger partial charge in [0.15, 0.2) is 0 Å². The van der Waals surface area contributed by atoms with Crippen LogP contribution in [0, 0.1) is 65.1 Å². The first-order valence-corrected chi connectivity index (χ1v) is 19.6. The van der Waals surface area contributed by atoms with Gasteiger partial charge in [-0.25, -0.2) is 0 Å². The van der Waals surface area contributed by atoms with E-state index in [1.54, 1.807) is 83.5 Å². The Morgan fingerprint density at radius 3 is 2.12 bits per heavy atom. The molecule has 13 unspecified atom stereocenters. The van der Waals surface area contributed by atoms with Crippen LogP contribution in [0.25, 0.3) is 0 Å². The lowest BCUT2D eigenvalue weighted by Gasteiger charge is -2.49. The molecule has 13 atom stereocenters. The van der Waals surface area contributed by atoms with Crippen LogP contribution >= 0.6 is 0 Å². The molecular weight excluding hydrogens is 424 g/mol. The molecule has 6 aliphatic carbocycles. The van der Waals surface area contributed by atoms with E-state index in [0.717, 1.165) is 76.2 Å². The predicted molar refractivity (Wildman–Crippen MR) is 150 cm³/mol.